The van der Waals surface area contributed by atoms with Gasteiger partial charge in [0.2, 0.25) is 0 Å². The van der Waals surface area contributed by atoms with Crippen LogP contribution in [0.5, 0.6) is 0 Å². The lowest BCUT2D eigenvalue weighted by Crippen LogP contribution is -2.42. The predicted molar refractivity (Wildman–Crippen MR) is 88.7 cm³/mol. The van der Waals surface area contributed by atoms with Crippen molar-refractivity contribution in [3.63, 3.8) is 0 Å². The summed E-state index contributed by atoms with van der Waals surface area (Å²) in [5.41, 5.74) is 0.322. The average molecular weight is 330 g/mol. The molecule has 136 valence electrons. The second-order valence-corrected chi connectivity index (χ2v) is 7.53. The topological polar surface area (TPSA) is 46.2 Å². The van der Waals surface area contributed by atoms with Crippen molar-refractivity contribution in [2.75, 3.05) is 52.9 Å². The Bertz CT molecular complexity index is 315. The van der Waals surface area contributed by atoms with Crippen LogP contribution in [0.1, 0.15) is 40.0 Å². The number of fused-ring (bicyclic) bond motifs is 1. The van der Waals surface area contributed by atoms with E-state index < -0.39 is 0 Å². The molecule has 2 rings (SSSR count). The highest BCUT2D eigenvalue weighted by Crippen LogP contribution is 2.39. The van der Waals surface area contributed by atoms with Crippen LogP contribution in [0.4, 0.5) is 0 Å². The molecule has 5 heteroatoms. The molecule has 0 radical (unpaired) electrons. The summed E-state index contributed by atoms with van der Waals surface area (Å²) in [5.74, 6) is 0.681. The van der Waals surface area contributed by atoms with Crippen molar-refractivity contribution in [1.29, 1.82) is 0 Å². The van der Waals surface area contributed by atoms with Crippen molar-refractivity contribution >= 4 is 0 Å². The molecule has 23 heavy (non-hydrogen) atoms. The Hall–Kier alpha value is -0.200. The van der Waals surface area contributed by atoms with Gasteiger partial charge >= 0.3 is 0 Å². The maximum absolute atomic E-state index is 6.12. The minimum atomic E-state index is 0.165. The molecule has 0 aromatic carbocycles. The van der Waals surface area contributed by atoms with Crippen molar-refractivity contribution in [1.82, 2.24) is 0 Å². The molecule has 0 bridgehead atoms. The first-order valence-corrected chi connectivity index (χ1v) is 9.04. The highest BCUT2D eigenvalue weighted by atomic mass is 16.6. The minimum Gasteiger partial charge on any atom is -0.377 e. The first kappa shape index (κ1) is 19.1. The van der Waals surface area contributed by atoms with Gasteiger partial charge in [-0.15, -0.1) is 0 Å². The molecule has 1 aliphatic carbocycles. The molecule has 2 fully saturated rings. The summed E-state index contributed by atoms with van der Waals surface area (Å²) in [6.45, 7) is 11.9. The smallest absolute Gasteiger partial charge is 0.0840 e. The van der Waals surface area contributed by atoms with Crippen LogP contribution in [0, 0.1) is 11.3 Å². The second kappa shape index (κ2) is 9.94. The van der Waals surface area contributed by atoms with Gasteiger partial charge in [-0.2, -0.15) is 0 Å². The van der Waals surface area contributed by atoms with E-state index >= 15 is 0 Å². The fraction of sp³-hybridized carbons (Fsp3) is 1.00. The van der Waals surface area contributed by atoms with Crippen LogP contribution in [0.2, 0.25) is 0 Å². The summed E-state index contributed by atoms with van der Waals surface area (Å²) >= 11 is 0. The molecule has 0 N–H and O–H groups in total. The van der Waals surface area contributed by atoms with E-state index in [4.69, 9.17) is 23.7 Å². The zero-order valence-electron chi connectivity index (χ0n) is 15.1. The third-order valence-electron chi connectivity index (χ3n) is 4.82. The third-order valence-corrected chi connectivity index (χ3v) is 4.82. The maximum atomic E-state index is 6.12. The molecular weight excluding hydrogens is 296 g/mol. The van der Waals surface area contributed by atoms with E-state index in [2.05, 4.69) is 20.8 Å². The van der Waals surface area contributed by atoms with Gasteiger partial charge in [0.25, 0.3) is 0 Å². The van der Waals surface area contributed by atoms with E-state index in [1.54, 1.807) is 0 Å². The minimum absolute atomic E-state index is 0.165. The van der Waals surface area contributed by atoms with Gasteiger partial charge in [-0.1, -0.05) is 20.8 Å². The Balaban J connectivity index is 1.86. The highest BCUT2D eigenvalue weighted by Gasteiger charge is 2.36. The fourth-order valence-electron chi connectivity index (χ4n) is 3.31. The SMILES string of the molecule is CC(C)(C)[C@@H]1CC[C@H]2OCCOCCOCCOCCO[C@@H]2C1. The third kappa shape index (κ3) is 7.06. The molecule has 0 aromatic heterocycles. The summed E-state index contributed by atoms with van der Waals surface area (Å²) in [6.07, 6.45) is 3.69. The molecule has 3 atom stereocenters. The Morgan fingerprint density at radius 3 is 1.61 bits per heavy atom. The van der Waals surface area contributed by atoms with Gasteiger partial charge in [0.05, 0.1) is 65.1 Å². The van der Waals surface area contributed by atoms with Crippen molar-refractivity contribution < 1.29 is 23.7 Å². The Labute approximate surface area is 140 Å². The molecule has 1 aliphatic heterocycles. The van der Waals surface area contributed by atoms with Gasteiger partial charge in [0, 0.05) is 0 Å². The van der Waals surface area contributed by atoms with Gasteiger partial charge < -0.3 is 23.7 Å². The number of rotatable bonds is 0. The fourth-order valence-corrected chi connectivity index (χ4v) is 3.31. The quantitative estimate of drug-likeness (QED) is 0.683. The number of ether oxygens (including phenoxy) is 5. The van der Waals surface area contributed by atoms with E-state index in [1.165, 1.54) is 6.42 Å². The Kier molecular flexibility index (Phi) is 8.27. The van der Waals surface area contributed by atoms with E-state index in [0.717, 1.165) is 12.8 Å². The predicted octanol–water partition coefficient (Wildman–Crippen LogP) is 2.67. The van der Waals surface area contributed by atoms with Crippen molar-refractivity contribution in [3.8, 4) is 0 Å². The van der Waals surface area contributed by atoms with E-state index in [9.17, 15) is 0 Å². The Morgan fingerprint density at radius 2 is 1.09 bits per heavy atom. The van der Waals surface area contributed by atoms with E-state index in [1.807, 2.05) is 0 Å². The lowest BCUT2D eigenvalue weighted by Gasteiger charge is -2.41. The zero-order valence-corrected chi connectivity index (χ0v) is 15.1. The number of hydrogen-bond donors (Lipinski definition) is 0. The largest absolute Gasteiger partial charge is 0.377 e. The molecule has 1 heterocycles. The molecule has 1 saturated carbocycles. The van der Waals surface area contributed by atoms with Gasteiger partial charge in [-0.3, -0.25) is 0 Å². The summed E-state index contributed by atoms with van der Waals surface area (Å²) in [7, 11) is 0. The van der Waals surface area contributed by atoms with Crippen molar-refractivity contribution in [3.05, 3.63) is 0 Å². The number of hydrogen-bond acceptors (Lipinski definition) is 5. The first-order chi connectivity index (χ1) is 11.1. The van der Waals surface area contributed by atoms with Crippen molar-refractivity contribution in [2.45, 2.75) is 52.2 Å². The summed E-state index contributed by atoms with van der Waals surface area (Å²) in [6, 6.07) is 0. The molecule has 1 saturated heterocycles. The van der Waals surface area contributed by atoms with Crippen LogP contribution in [-0.2, 0) is 23.7 Å². The molecule has 0 aromatic rings. The van der Waals surface area contributed by atoms with Gasteiger partial charge in [0.15, 0.2) is 0 Å². The van der Waals surface area contributed by atoms with Crippen LogP contribution >= 0.6 is 0 Å². The summed E-state index contributed by atoms with van der Waals surface area (Å²) in [4.78, 5) is 0. The van der Waals surface area contributed by atoms with Crippen LogP contribution in [0.15, 0.2) is 0 Å². The molecular formula is C18H34O5. The molecule has 5 nitrogen and oxygen atoms in total. The van der Waals surface area contributed by atoms with Crippen LogP contribution < -0.4 is 0 Å². The standard InChI is InChI=1S/C18H34O5/c1-18(2,3)15-4-5-16-17(14-15)23-13-11-21-9-7-19-6-8-20-10-12-22-16/h15-17H,4-14H2,1-3H3/t15-,16-,17-/m1/s1. The molecule has 0 unspecified atom stereocenters. The van der Waals surface area contributed by atoms with Gasteiger partial charge in [0.1, 0.15) is 0 Å². The molecule has 0 amide bonds. The highest BCUT2D eigenvalue weighted by molar-refractivity contribution is 4.87. The molecule has 2 aliphatic rings. The van der Waals surface area contributed by atoms with Crippen LogP contribution in [0.25, 0.3) is 0 Å². The van der Waals surface area contributed by atoms with Crippen LogP contribution in [-0.4, -0.2) is 65.1 Å². The van der Waals surface area contributed by atoms with Crippen LogP contribution in [0.3, 0.4) is 0 Å². The monoisotopic (exact) mass is 330 g/mol. The van der Waals surface area contributed by atoms with Crippen molar-refractivity contribution in [2.24, 2.45) is 11.3 Å². The summed E-state index contributed by atoms with van der Waals surface area (Å²) in [5, 5.41) is 0. The lowest BCUT2D eigenvalue weighted by atomic mass is 9.71. The normalized spacial score (nSPS) is 33.3. The molecule has 0 spiro atoms. The van der Waals surface area contributed by atoms with E-state index in [0.29, 0.717) is 64.2 Å². The average Bonchev–Trinajstić information content (AvgIpc) is 2.52. The zero-order chi connectivity index (χ0) is 16.5. The van der Waals surface area contributed by atoms with Gasteiger partial charge in [-0.25, -0.2) is 0 Å². The van der Waals surface area contributed by atoms with Gasteiger partial charge in [-0.05, 0) is 30.6 Å². The lowest BCUT2D eigenvalue weighted by molar-refractivity contribution is -0.125. The first-order valence-electron chi connectivity index (χ1n) is 9.04. The van der Waals surface area contributed by atoms with E-state index in [-0.39, 0.29) is 12.2 Å². The Morgan fingerprint density at radius 1 is 0.609 bits per heavy atom. The second-order valence-electron chi connectivity index (χ2n) is 7.53. The maximum Gasteiger partial charge on any atom is 0.0840 e. The summed E-state index contributed by atoms with van der Waals surface area (Å²) < 4.78 is 28.7.